The van der Waals surface area contributed by atoms with Crippen LogP contribution >= 0.6 is 15.9 Å². The fraction of sp³-hybridized carbons (Fsp3) is 0.300. The van der Waals surface area contributed by atoms with E-state index in [9.17, 15) is 4.79 Å². The van der Waals surface area contributed by atoms with Crippen LogP contribution in [-0.4, -0.2) is 25.5 Å². The van der Waals surface area contributed by atoms with Gasteiger partial charge < -0.3 is 16.4 Å². The van der Waals surface area contributed by atoms with Crippen molar-refractivity contribution in [2.45, 2.75) is 24.8 Å². The molecule has 1 saturated carbocycles. The largest absolute Gasteiger partial charge is 0.366 e. The quantitative estimate of drug-likeness (QED) is 0.502. The Hall–Kier alpha value is -2.34. The molecule has 3 rings (SSSR count). The molecule has 0 aromatic heterocycles. The number of rotatable bonds is 6. The van der Waals surface area contributed by atoms with E-state index in [1.165, 1.54) is 18.4 Å². The fourth-order valence-electron chi connectivity index (χ4n) is 3.08. The maximum Gasteiger partial charge on any atom is 0.248 e. The Balaban J connectivity index is 1.58. The molecule has 0 aliphatic heterocycles. The van der Waals surface area contributed by atoms with E-state index in [1.54, 1.807) is 19.2 Å². The van der Waals surface area contributed by atoms with Crippen molar-refractivity contribution in [3.8, 4) is 0 Å². The van der Waals surface area contributed by atoms with E-state index in [4.69, 9.17) is 5.73 Å². The SMILES string of the molecule is CN=C(NCc1cccc(C(N)=O)c1)NCC1(c2ccccc2Br)CC1. The van der Waals surface area contributed by atoms with Crippen molar-refractivity contribution >= 4 is 27.8 Å². The highest BCUT2D eigenvalue weighted by Gasteiger charge is 2.45. The normalized spacial score (nSPS) is 15.4. The maximum atomic E-state index is 11.3. The van der Waals surface area contributed by atoms with Crippen LogP contribution in [0.15, 0.2) is 58.0 Å². The number of guanidine groups is 1. The van der Waals surface area contributed by atoms with Crippen molar-refractivity contribution in [2.75, 3.05) is 13.6 Å². The zero-order valence-corrected chi connectivity index (χ0v) is 16.3. The fourth-order valence-corrected chi connectivity index (χ4v) is 3.78. The van der Waals surface area contributed by atoms with Gasteiger partial charge in [-0.05, 0) is 42.2 Å². The van der Waals surface area contributed by atoms with Crippen LogP contribution in [0.5, 0.6) is 0 Å². The number of benzene rings is 2. The number of carbonyl (C=O) groups is 1. The van der Waals surface area contributed by atoms with E-state index in [0.29, 0.717) is 12.1 Å². The monoisotopic (exact) mass is 414 g/mol. The van der Waals surface area contributed by atoms with Crippen molar-refractivity contribution < 1.29 is 4.79 Å². The van der Waals surface area contributed by atoms with E-state index in [1.807, 2.05) is 18.2 Å². The minimum atomic E-state index is -0.418. The molecule has 6 heteroatoms. The Labute approximate surface area is 162 Å². The van der Waals surface area contributed by atoms with Crippen LogP contribution in [0.2, 0.25) is 0 Å². The molecule has 0 saturated heterocycles. The van der Waals surface area contributed by atoms with Crippen molar-refractivity contribution in [3.63, 3.8) is 0 Å². The summed E-state index contributed by atoms with van der Waals surface area (Å²) in [5, 5.41) is 6.73. The summed E-state index contributed by atoms with van der Waals surface area (Å²) in [7, 11) is 1.76. The van der Waals surface area contributed by atoms with Crippen molar-refractivity contribution in [1.29, 1.82) is 0 Å². The number of halogens is 1. The Bertz CT molecular complexity index is 830. The lowest BCUT2D eigenvalue weighted by atomic mass is 9.96. The molecule has 0 unspecified atom stereocenters. The van der Waals surface area contributed by atoms with Crippen LogP contribution in [0, 0.1) is 0 Å². The Morgan fingerprint density at radius 3 is 2.62 bits per heavy atom. The number of nitrogens with two attached hydrogens (primary N) is 1. The van der Waals surface area contributed by atoms with Gasteiger partial charge in [0.1, 0.15) is 0 Å². The molecule has 1 aliphatic rings. The maximum absolute atomic E-state index is 11.3. The number of amides is 1. The highest BCUT2D eigenvalue weighted by Crippen LogP contribution is 2.49. The van der Waals surface area contributed by atoms with Crippen molar-refractivity contribution in [3.05, 3.63) is 69.7 Å². The zero-order valence-electron chi connectivity index (χ0n) is 14.8. The number of nitrogens with one attached hydrogen (secondary N) is 2. The van der Waals surface area contributed by atoms with Gasteiger partial charge in [-0.15, -0.1) is 0 Å². The van der Waals surface area contributed by atoms with E-state index < -0.39 is 5.91 Å². The number of carbonyl (C=O) groups excluding carboxylic acids is 1. The molecule has 0 spiro atoms. The highest BCUT2D eigenvalue weighted by atomic mass is 79.9. The Kier molecular flexibility index (Phi) is 5.61. The van der Waals surface area contributed by atoms with Gasteiger partial charge >= 0.3 is 0 Å². The molecule has 5 nitrogen and oxygen atoms in total. The Morgan fingerprint density at radius 1 is 1.19 bits per heavy atom. The first-order chi connectivity index (χ1) is 12.5. The van der Waals surface area contributed by atoms with Gasteiger partial charge in [0.25, 0.3) is 0 Å². The predicted molar refractivity (Wildman–Crippen MR) is 108 cm³/mol. The van der Waals surface area contributed by atoms with Gasteiger partial charge in [-0.2, -0.15) is 0 Å². The standard InChI is InChI=1S/C20H23BrN4O/c1-23-19(24-12-14-5-4-6-15(11-14)18(22)26)25-13-20(9-10-20)16-7-2-3-8-17(16)21/h2-8,11H,9-10,12-13H2,1H3,(H2,22,26)(H2,23,24,25). The first-order valence-corrected chi connectivity index (χ1v) is 9.42. The average molecular weight is 415 g/mol. The molecule has 0 atom stereocenters. The minimum Gasteiger partial charge on any atom is -0.366 e. The minimum absolute atomic E-state index is 0.170. The number of primary amides is 1. The van der Waals surface area contributed by atoms with E-state index in [-0.39, 0.29) is 5.41 Å². The van der Waals surface area contributed by atoms with Gasteiger partial charge in [-0.1, -0.05) is 46.3 Å². The van der Waals surface area contributed by atoms with E-state index >= 15 is 0 Å². The summed E-state index contributed by atoms with van der Waals surface area (Å²) in [6.07, 6.45) is 2.33. The average Bonchev–Trinajstić information content (AvgIpc) is 3.43. The molecule has 0 radical (unpaired) electrons. The van der Waals surface area contributed by atoms with Crippen LogP contribution in [0.3, 0.4) is 0 Å². The number of hydrogen-bond donors (Lipinski definition) is 3. The van der Waals surface area contributed by atoms with Crippen molar-refractivity contribution in [1.82, 2.24) is 10.6 Å². The van der Waals surface area contributed by atoms with Gasteiger partial charge in [-0.25, -0.2) is 0 Å². The van der Waals surface area contributed by atoms with Crippen LogP contribution in [0.4, 0.5) is 0 Å². The molecule has 1 aliphatic carbocycles. The van der Waals surface area contributed by atoms with Crippen LogP contribution in [0.1, 0.15) is 34.3 Å². The molecule has 0 heterocycles. The molecule has 2 aromatic carbocycles. The third kappa shape index (κ3) is 4.25. The second kappa shape index (κ2) is 7.91. The predicted octanol–water partition coefficient (Wildman–Crippen LogP) is 2.94. The van der Waals surface area contributed by atoms with Gasteiger partial charge in [0.15, 0.2) is 5.96 Å². The summed E-state index contributed by atoms with van der Waals surface area (Å²) < 4.78 is 1.16. The second-order valence-corrected chi connectivity index (χ2v) is 7.46. The number of nitrogens with zero attached hydrogens (tertiary/aromatic N) is 1. The lowest BCUT2D eigenvalue weighted by Crippen LogP contribution is -2.41. The van der Waals surface area contributed by atoms with Crippen LogP contribution in [0.25, 0.3) is 0 Å². The molecule has 0 bridgehead atoms. The summed E-state index contributed by atoms with van der Waals surface area (Å²) in [4.78, 5) is 15.6. The first-order valence-electron chi connectivity index (χ1n) is 8.62. The van der Waals surface area contributed by atoms with Gasteiger partial charge in [0.05, 0.1) is 0 Å². The third-order valence-electron chi connectivity index (χ3n) is 4.79. The first kappa shape index (κ1) is 18.5. The molecule has 26 heavy (non-hydrogen) atoms. The smallest absolute Gasteiger partial charge is 0.248 e. The summed E-state index contributed by atoms with van der Waals surface area (Å²) >= 11 is 3.66. The molecular weight excluding hydrogens is 392 g/mol. The number of hydrogen-bond acceptors (Lipinski definition) is 2. The second-order valence-electron chi connectivity index (χ2n) is 6.60. The van der Waals surface area contributed by atoms with E-state index in [2.05, 4.69) is 49.8 Å². The molecular formula is C20H23BrN4O. The third-order valence-corrected chi connectivity index (χ3v) is 5.48. The number of aliphatic imine (C=N–C) groups is 1. The molecule has 136 valence electrons. The van der Waals surface area contributed by atoms with Gasteiger partial charge in [0, 0.05) is 35.6 Å². The lowest BCUT2D eigenvalue weighted by Gasteiger charge is -2.20. The summed E-state index contributed by atoms with van der Waals surface area (Å²) in [5.74, 6) is 0.325. The zero-order chi connectivity index (χ0) is 18.6. The van der Waals surface area contributed by atoms with Crippen molar-refractivity contribution in [2.24, 2.45) is 10.7 Å². The summed E-state index contributed by atoms with van der Waals surface area (Å²) in [5.41, 5.74) is 8.35. The summed E-state index contributed by atoms with van der Waals surface area (Å²) in [6.45, 7) is 1.40. The van der Waals surface area contributed by atoms with Gasteiger partial charge in [-0.3, -0.25) is 9.79 Å². The lowest BCUT2D eigenvalue weighted by molar-refractivity contribution is 0.1000. The highest BCUT2D eigenvalue weighted by molar-refractivity contribution is 9.10. The van der Waals surface area contributed by atoms with Crippen LogP contribution < -0.4 is 16.4 Å². The van der Waals surface area contributed by atoms with Crippen LogP contribution in [-0.2, 0) is 12.0 Å². The molecule has 1 fully saturated rings. The summed E-state index contributed by atoms with van der Waals surface area (Å²) in [6, 6.07) is 15.7. The van der Waals surface area contributed by atoms with E-state index in [0.717, 1.165) is 22.5 Å². The molecule has 2 aromatic rings. The Morgan fingerprint density at radius 2 is 1.96 bits per heavy atom. The molecule has 4 N–H and O–H groups in total. The molecule has 1 amide bonds. The topological polar surface area (TPSA) is 79.5 Å². The van der Waals surface area contributed by atoms with Gasteiger partial charge in [0.2, 0.25) is 5.91 Å².